The van der Waals surface area contributed by atoms with Gasteiger partial charge in [-0.1, -0.05) is 0 Å². The topological polar surface area (TPSA) is 130 Å². The Morgan fingerprint density at radius 1 is 0.885 bits per heavy atom. The summed E-state index contributed by atoms with van der Waals surface area (Å²) in [6.07, 6.45) is 0. The molecule has 0 amide bonds. The molecule has 0 aliphatic heterocycles. The van der Waals surface area contributed by atoms with Gasteiger partial charge in [-0.3, -0.25) is 0 Å². The van der Waals surface area contributed by atoms with Crippen molar-refractivity contribution in [2.45, 2.75) is 0 Å². The Labute approximate surface area is 158 Å². The second-order valence-electron chi connectivity index (χ2n) is 8.87. The van der Waals surface area contributed by atoms with E-state index in [9.17, 15) is 19.1 Å². The summed E-state index contributed by atoms with van der Waals surface area (Å²) in [5.74, 6) is -0.752. The second kappa shape index (κ2) is 12.7. The van der Waals surface area contributed by atoms with E-state index < -0.39 is 13.8 Å². The molecular weight excluding hydrogens is 362 g/mol. The van der Waals surface area contributed by atoms with E-state index in [4.69, 9.17) is 10.2 Å². The van der Waals surface area contributed by atoms with Crippen molar-refractivity contribution >= 4 is 13.8 Å². The first-order valence-electron chi connectivity index (χ1n) is 8.09. The third-order valence-corrected chi connectivity index (χ3v) is 2.89. The maximum absolute atomic E-state index is 10.00. The summed E-state index contributed by atoms with van der Waals surface area (Å²) in [6, 6.07) is 0. The fourth-order valence-corrected chi connectivity index (χ4v) is 1.44. The van der Waals surface area contributed by atoms with Gasteiger partial charge in [0.2, 0.25) is 0 Å². The molecule has 0 aromatic rings. The molecule has 2 N–H and O–H groups in total. The highest BCUT2D eigenvalue weighted by Crippen LogP contribution is 2.23. The first kappa shape index (κ1) is 30.2. The molecule has 0 fully saturated rings. The maximum Gasteiger partial charge on any atom is 0.359 e. The van der Waals surface area contributed by atoms with Crippen LogP contribution in [0.4, 0.5) is 0 Å². The molecule has 0 saturated carbocycles. The van der Waals surface area contributed by atoms with E-state index in [0.717, 1.165) is 11.0 Å². The Balaban J connectivity index is -0.000000315. The number of aliphatic carboxylic acids is 1. The fourth-order valence-electron chi connectivity index (χ4n) is 1.13. The highest BCUT2D eigenvalue weighted by atomic mass is 31.2. The molecule has 11 heteroatoms. The summed E-state index contributed by atoms with van der Waals surface area (Å²) < 4.78 is 15.9. The van der Waals surface area contributed by atoms with Gasteiger partial charge in [-0.15, -0.1) is 0 Å². The van der Waals surface area contributed by atoms with E-state index >= 15 is 0 Å². The molecule has 0 aliphatic rings. The van der Waals surface area contributed by atoms with E-state index in [1.807, 2.05) is 42.3 Å². The zero-order chi connectivity index (χ0) is 21.8. The van der Waals surface area contributed by atoms with E-state index in [1.54, 1.807) is 0 Å². The van der Waals surface area contributed by atoms with E-state index in [-0.39, 0.29) is 19.8 Å². The molecule has 0 heterocycles. The van der Waals surface area contributed by atoms with Crippen molar-refractivity contribution < 1.29 is 47.3 Å². The maximum atomic E-state index is 10.00. The van der Waals surface area contributed by atoms with Crippen LogP contribution in [-0.4, -0.2) is 126 Å². The smallest absolute Gasteiger partial charge is 0.359 e. The Kier molecular flexibility index (Phi) is 14.8. The molecule has 26 heavy (non-hydrogen) atoms. The van der Waals surface area contributed by atoms with Crippen molar-refractivity contribution in [2.24, 2.45) is 0 Å². The number of rotatable bonds is 8. The van der Waals surface area contributed by atoms with Crippen LogP contribution < -0.4 is 9.79 Å². The zero-order valence-electron chi connectivity index (χ0n) is 17.8. The SMILES string of the molecule is C[N+](C)([11CH3])CC(=O)O.C[N+](C)([11CH3])CCO.C[N+](C)([11CH3])CCOP(=O)([O-])[O-]. The van der Waals surface area contributed by atoms with Crippen LogP contribution in [0.3, 0.4) is 0 Å². The molecule has 10 nitrogen and oxygen atoms in total. The van der Waals surface area contributed by atoms with Crippen molar-refractivity contribution in [1.82, 2.24) is 0 Å². The van der Waals surface area contributed by atoms with Crippen LogP contribution in [0.15, 0.2) is 0 Å². The van der Waals surface area contributed by atoms with Gasteiger partial charge < -0.3 is 42.5 Å². The largest absolute Gasteiger partial charge is 0.790 e. The van der Waals surface area contributed by atoms with Gasteiger partial charge in [-0.25, -0.2) is 4.79 Å². The van der Waals surface area contributed by atoms with Gasteiger partial charge >= 0.3 is 5.97 Å². The van der Waals surface area contributed by atoms with Gasteiger partial charge in [-0.2, -0.15) is 0 Å². The Hall–Kier alpha value is -0.580. The number of likely N-dealkylation sites (N-methyl/N-ethyl adjacent to an activating group) is 3. The summed E-state index contributed by atoms with van der Waals surface area (Å²) in [7, 11) is 12.6. The minimum absolute atomic E-state index is 0.0478. The predicted octanol–water partition coefficient (Wildman–Crippen LogP) is -2.00. The number of carboxylic acids is 1. The number of phosphoric ester groups is 1. The molecule has 0 saturated heterocycles. The number of nitrogens with zero attached hydrogens (tertiary/aromatic N) is 3. The van der Waals surface area contributed by atoms with Crippen LogP contribution in [0, 0.1) is 0 Å². The molecule has 0 bridgehead atoms. The van der Waals surface area contributed by atoms with Crippen LogP contribution in [0.1, 0.15) is 0 Å². The third kappa shape index (κ3) is 43.7. The van der Waals surface area contributed by atoms with Crippen molar-refractivity contribution in [1.29, 1.82) is 0 Å². The van der Waals surface area contributed by atoms with Crippen LogP contribution in [0.2, 0.25) is 0 Å². The first-order chi connectivity index (χ1) is 11.2. The van der Waals surface area contributed by atoms with Crippen LogP contribution in [0.25, 0.3) is 0 Å². The van der Waals surface area contributed by atoms with Crippen LogP contribution in [0.5, 0.6) is 0 Å². The van der Waals surface area contributed by atoms with Gasteiger partial charge in [0.1, 0.15) is 19.7 Å². The first-order valence-corrected chi connectivity index (χ1v) is 9.55. The molecule has 0 radical (unpaired) electrons. The molecule has 0 atom stereocenters. The molecule has 0 unspecified atom stereocenters. The lowest BCUT2D eigenvalue weighted by Gasteiger charge is -2.31. The minimum atomic E-state index is -4.76. The summed E-state index contributed by atoms with van der Waals surface area (Å²) in [5.41, 5.74) is 0. The van der Waals surface area contributed by atoms with E-state index in [2.05, 4.69) is 25.7 Å². The zero-order valence-corrected chi connectivity index (χ0v) is 18.7. The standard InChI is InChI=1S/C5H14NO4P.C5H11NO2.C5H14NO/c1-6(2,3)4-5-10-11(7,8)9;1-6(2,3)4-5(7)8;1-6(2,3)4-5-7/h4-5H2,1-3H3,(H-,7,8,9);4H2,1-3H3;7H,4-5H2,1-3H3/q;;+1/i3*1-1. The van der Waals surface area contributed by atoms with E-state index in [1.165, 1.54) is 0 Å². The predicted molar refractivity (Wildman–Crippen MR) is 97.0 cm³/mol. The number of phosphoric acid groups is 1. The summed E-state index contributed by atoms with van der Waals surface area (Å²) in [4.78, 5) is 29.9. The Morgan fingerprint density at radius 2 is 1.27 bits per heavy atom. The Morgan fingerprint density at radius 3 is 1.38 bits per heavy atom. The van der Waals surface area contributed by atoms with Crippen LogP contribution in [-0.2, 0) is 13.9 Å². The highest BCUT2D eigenvalue weighted by molar-refractivity contribution is 7.43. The lowest BCUT2D eigenvalue weighted by atomic mass is 10.3. The van der Waals surface area contributed by atoms with Gasteiger partial charge in [0.25, 0.3) is 0 Å². The fraction of sp³-hybridized carbons (Fsp3) is 0.933. The van der Waals surface area contributed by atoms with Gasteiger partial charge in [0, 0.05) is 0 Å². The molecule has 0 rings (SSSR count). The average Bonchev–Trinajstić information content (AvgIpc) is 2.20. The lowest BCUT2D eigenvalue weighted by molar-refractivity contribution is -0.870. The second-order valence-corrected chi connectivity index (χ2v) is 10.0. The van der Waals surface area contributed by atoms with E-state index in [0.29, 0.717) is 15.5 Å². The van der Waals surface area contributed by atoms with Crippen LogP contribution >= 0.6 is 7.82 Å². The number of carbonyl (C=O) groups is 1. The number of quaternary nitrogens is 3. The molecule has 160 valence electrons. The highest BCUT2D eigenvalue weighted by Gasteiger charge is 2.11. The number of carboxylic acid groups (broad SMARTS) is 1. The number of aliphatic hydroxyl groups excluding tert-OH is 1. The lowest BCUT2D eigenvalue weighted by Crippen LogP contribution is -2.39. The third-order valence-electron chi connectivity index (χ3n) is 2.39. The number of hydrogen-bond acceptors (Lipinski definition) is 6. The quantitative estimate of drug-likeness (QED) is 0.355. The normalized spacial score (nSPS) is 12.5. The molecule has 0 spiro atoms. The van der Waals surface area contributed by atoms with Crippen molar-refractivity contribution in [2.75, 3.05) is 96.3 Å². The Bertz CT molecular complexity index is 420. The number of aliphatic hydroxyl groups is 1. The average molecular weight is 401 g/mol. The van der Waals surface area contributed by atoms with Gasteiger partial charge in [-0.05, 0) is 0 Å². The summed E-state index contributed by atoms with van der Waals surface area (Å²) in [6.45, 7) is 1.74. The molecule has 0 aliphatic carbocycles. The number of hydrogen-bond donors (Lipinski definition) is 2. The van der Waals surface area contributed by atoms with Gasteiger partial charge in [0.05, 0.1) is 77.9 Å². The minimum Gasteiger partial charge on any atom is -0.790 e. The van der Waals surface area contributed by atoms with Crippen molar-refractivity contribution in [3.8, 4) is 0 Å². The van der Waals surface area contributed by atoms with Gasteiger partial charge in [0.15, 0.2) is 6.54 Å². The molecular formula is C15H39N3O7P+. The van der Waals surface area contributed by atoms with Crippen molar-refractivity contribution in [3.63, 3.8) is 0 Å². The summed E-state index contributed by atoms with van der Waals surface area (Å²) in [5, 5.41) is 16.6. The molecule has 0 aromatic heterocycles. The molecule has 0 aromatic carbocycles. The summed E-state index contributed by atoms with van der Waals surface area (Å²) >= 11 is 0. The van der Waals surface area contributed by atoms with Crippen molar-refractivity contribution in [3.05, 3.63) is 0 Å². The monoisotopic (exact) mass is 401 g/mol.